The highest BCUT2D eigenvalue weighted by Crippen LogP contribution is 2.25. The fourth-order valence-corrected chi connectivity index (χ4v) is 3.43. The van der Waals surface area contributed by atoms with Gasteiger partial charge < -0.3 is 4.74 Å². The van der Waals surface area contributed by atoms with Gasteiger partial charge in [-0.25, -0.2) is 4.39 Å². The first-order chi connectivity index (χ1) is 12.8. The number of rotatable bonds is 6. The van der Waals surface area contributed by atoms with Crippen molar-refractivity contribution >= 4 is 5.78 Å². The topological polar surface area (TPSA) is 29.5 Å². The monoisotopic (exact) mass is 369 g/mol. The first-order valence-corrected chi connectivity index (χ1v) is 9.59. The Morgan fingerprint density at radius 3 is 2.41 bits per heavy atom. The summed E-state index contributed by atoms with van der Waals surface area (Å²) in [4.78, 5) is 13.9. The average molecular weight is 369 g/mol. The second kappa shape index (κ2) is 8.22. The summed E-state index contributed by atoms with van der Waals surface area (Å²) in [6.07, 6.45) is 2.10. The van der Waals surface area contributed by atoms with E-state index in [0.717, 1.165) is 38.2 Å². The van der Waals surface area contributed by atoms with Crippen molar-refractivity contribution in [1.29, 1.82) is 0 Å². The maximum Gasteiger partial charge on any atom is 0.159 e. The predicted octanol–water partition coefficient (Wildman–Crippen LogP) is 5.14. The summed E-state index contributed by atoms with van der Waals surface area (Å²) in [5.74, 6) is 0.822. The van der Waals surface area contributed by atoms with Gasteiger partial charge in [0, 0.05) is 25.2 Å². The zero-order valence-electron chi connectivity index (χ0n) is 16.4. The number of nitrogens with zero attached hydrogens (tertiary/aromatic N) is 1. The summed E-state index contributed by atoms with van der Waals surface area (Å²) in [7, 11) is 0. The molecule has 1 saturated heterocycles. The van der Waals surface area contributed by atoms with Gasteiger partial charge in [-0.05, 0) is 56.9 Å². The molecule has 0 bridgehead atoms. The highest BCUT2D eigenvalue weighted by molar-refractivity contribution is 5.94. The van der Waals surface area contributed by atoms with Crippen LogP contribution in [0, 0.1) is 0 Å². The van der Waals surface area contributed by atoms with Crippen LogP contribution in [0.3, 0.4) is 0 Å². The lowest BCUT2D eigenvalue weighted by Crippen LogP contribution is -2.37. The Hall–Kier alpha value is -2.20. The standard InChI is InChI=1S/C23H28FNO2/c1-17(26)19-5-4-6-22(15-19)27-21-11-13-25(14-12-21)16-18-7-9-20(10-8-18)23(2,3)24/h4-10,15,21H,11-14,16H2,1-3H3. The molecule has 144 valence electrons. The third kappa shape index (κ3) is 5.39. The summed E-state index contributed by atoms with van der Waals surface area (Å²) in [5, 5.41) is 0. The van der Waals surface area contributed by atoms with Crippen LogP contribution in [0.2, 0.25) is 0 Å². The molecule has 0 amide bonds. The number of ether oxygens (including phenoxy) is 1. The van der Waals surface area contributed by atoms with Crippen molar-refractivity contribution in [2.45, 2.75) is 51.9 Å². The minimum Gasteiger partial charge on any atom is -0.490 e. The SMILES string of the molecule is CC(=O)c1cccc(OC2CCN(Cc3ccc(C(C)(C)F)cc3)CC2)c1. The molecule has 0 N–H and O–H groups in total. The van der Waals surface area contributed by atoms with Crippen LogP contribution in [0.1, 0.15) is 55.1 Å². The Kier molecular flexibility index (Phi) is 5.95. The van der Waals surface area contributed by atoms with Gasteiger partial charge in [0.15, 0.2) is 5.78 Å². The van der Waals surface area contributed by atoms with Crippen LogP contribution in [0.4, 0.5) is 4.39 Å². The summed E-state index contributed by atoms with van der Waals surface area (Å²) in [6.45, 7) is 7.54. The van der Waals surface area contributed by atoms with E-state index < -0.39 is 5.67 Å². The Labute approximate surface area is 161 Å². The number of ketones is 1. The Morgan fingerprint density at radius 2 is 1.81 bits per heavy atom. The highest BCUT2D eigenvalue weighted by atomic mass is 19.1. The Morgan fingerprint density at radius 1 is 1.15 bits per heavy atom. The molecule has 1 fully saturated rings. The fraction of sp³-hybridized carbons (Fsp3) is 0.435. The smallest absolute Gasteiger partial charge is 0.159 e. The summed E-state index contributed by atoms with van der Waals surface area (Å²) in [5.41, 5.74) is 1.31. The van der Waals surface area contributed by atoms with Crippen molar-refractivity contribution in [3.63, 3.8) is 0 Å². The number of halogens is 1. The van der Waals surface area contributed by atoms with E-state index in [2.05, 4.69) is 4.90 Å². The van der Waals surface area contributed by atoms with Gasteiger partial charge in [0.2, 0.25) is 0 Å². The largest absolute Gasteiger partial charge is 0.490 e. The van der Waals surface area contributed by atoms with Crippen LogP contribution in [0.5, 0.6) is 5.75 Å². The summed E-state index contributed by atoms with van der Waals surface area (Å²) in [6, 6.07) is 15.2. The van der Waals surface area contributed by atoms with E-state index >= 15 is 0 Å². The van der Waals surface area contributed by atoms with Crippen molar-refractivity contribution in [2.24, 2.45) is 0 Å². The Bertz CT molecular complexity index is 772. The molecule has 4 heteroatoms. The van der Waals surface area contributed by atoms with Gasteiger partial charge in [0.25, 0.3) is 0 Å². The molecule has 2 aromatic rings. The molecule has 2 aromatic carbocycles. The lowest BCUT2D eigenvalue weighted by Gasteiger charge is -2.32. The van der Waals surface area contributed by atoms with Crippen molar-refractivity contribution in [3.8, 4) is 5.75 Å². The first kappa shape index (κ1) is 19.6. The van der Waals surface area contributed by atoms with Crippen LogP contribution in [-0.4, -0.2) is 29.9 Å². The molecule has 3 nitrogen and oxygen atoms in total. The van der Waals surface area contributed by atoms with Gasteiger partial charge in [-0.15, -0.1) is 0 Å². The number of piperidine rings is 1. The molecule has 0 atom stereocenters. The zero-order chi connectivity index (χ0) is 19.4. The van der Waals surface area contributed by atoms with E-state index in [0.29, 0.717) is 11.1 Å². The van der Waals surface area contributed by atoms with Gasteiger partial charge in [-0.1, -0.05) is 36.4 Å². The molecule has 1 aliphatic rings. The number of likely N-dealkylation sites (tertiary alicyclic amines) is 1. The van der Waals surface area contributed by atoms with Crippen molar-refractivity contribution < 1.29 is 13.9 Å². The van der Waals surface area contributed by atoms with Crippen LogP contribution >= 0.6 is 0 Å². The quantitative estimate of drug-likeness (QED) is 0.661. The molecule has 0 spiro atoms. The third-order valence-corrected chi connectivity index (χ3v) is 5.12. The minimum atomic E-state index is -1.30. The van der Waals surface area contributed by atoms with Crippen LogP contribution in [0.15, 0.2) is 48.5 Å². The normalized spacial score (nSPS) is 16.3. The number of Topliss-reactive ketones (excluding diaryl/α,β-unsaturated/α-hetero) is 1. The van der Waals surface area contributed by atoms with Crippen LogP contribution in [0.25, 0.3) is 0 Å². The Balaban J connectivity index is 1.50. The summed E-state index contributed by atoms with van der Waals surface area (Å²) >= 11 is 0. The lowest BCUT2D eigenvalue weighted by atomic mass is 9.98. The highest BCUT2D eigenvalue weighted by Gasteiger charge is 2.22. The molecule has 0 radical (unpaired) electrons. The number of carbonyl (C=O) groups excluding carboxylic acids is 1. The van der Waals surface area contributed by atoms with Crippen LogP contribution in [-0.2, 0) is 12.2 Å². The van der Waals surface area contributed by atoms with E-state index in [9.17, 15) is 9.18 Å². The van der Waals surface area contributed by atoms with Gasteiger partial charge >= 0.3 is 0 Å². The van der Waals surface area contributed by atoms with Gasteiger partial charge in [-0.2, -0.15) is 0 Å². The fourth-order valence-electron chi connectivity index (χ4n) is 3.43. The third-order valence-electron chi connectivity index (χ3n) is 5.12. The minimum absolute atomic E-state index is 0.0532. The molecule has 0 aliphatic carbocycles. The first-order valence-electron chi connectivity index (χ1n) is 9.59. The molecule has 0 aromatic heterocycles. The number of carbonyl (C=O) groups is 1. The molecule has 1 aliphatic heterocycles. The molecule has 3 rings (SSSR count). The van der Waals surface area contributed by atoms with E-state index in [1.165, 1.54) is 5.56 Å². The van der Waals surface area contributed by atoms with E-state index in [1.807, 2.05) is 48.5 Å². The zero-order valence-corrected chi connectivity index (χ0v) is 16.4. The van der Waals surface area contributed by atoms with E-state index in [4.69, 9.17) is 4.74 Å². The van der Waals surface area contributed by atoms with Gasteiger partial charge in [0.05, 0.1) is 0 Å². The van der Waals surface area contributed by atoms with E-state index in [1.54, 1.807) is 20.8 Å². The maximum absolute atomic E-state index is 14.0. The lowest BCUT2D eigenvalue weighted by molar-refractivity contribution is 0.0959. The molecular weight excluding hydrogens is 341 g/mol. The molecule has 27 heavy (non-hydrogen) atoms. The second-order valence-electron chi connectivity index (χ2n) is 7.85. The van der Waals surface area contributed by atoms with Crippen molar-refractivity contribution in [3.05, 3.63) is 65.2 Å². The van der Waals surface area contributed by atoms with Crippen molar-refractivity contribution in [1.82, 2.24) is 4.90 Å². The average Bonchev–Trinajstić information content (AvgIpc) is 2.63. The van der Waals surface area contributed by atoms with Crippen LogP contribution < -0.4 is 4.74 Å². The van der Waals surface area contributed by atoms with Gasteiger partial charge in [-0.3, -0.25) is 9.69 Å². The number of benzene rings is 2. The maximum atomic E-state index is 14.0. The van der Waals surface area contributed by atoms with Crippen molar-refractivity contribution in [2.75, 3.05) is 13.1 Å². The second-order valence-corrected chi connectivity index (χ2v) is 7.85. The summed E-state index contributed by atoms with van der Waals surface area (Å²) < 4.78 is 20.0. The number of hydrogen-bond donors (Lipinski definition) is 0. The number of alkyl halides is 1. The number of hydrogen-bond acceptors (Lipinski definition) is 3. The predicted molar refractivity (Wildman–Crippen MR) is 106 cm³/mol. The molecule has 1 heterocycles. The van der Waals surface area contributed by atoms with E-state index in [-0.39, 0.29) is 11.9 Å². The molecule has 0 saturated carbocycles. The molecular formula is C23H28FNO2. The molecule has 0 unspecified atom stereocenters. The van der Waals surface area contributed by atoms with Gasteiger partial charge in [0.1, 0.15) is 17.5 Å².